The molecule has 0 heterocycles. The quantitative estimate of drug-likeness (QED) is 0.334. The molecule has 182 valence electrons. The number of aliphatic imine (C=N–C) groups is 2. The number of rotatable bonds is 9. The molecule has 0 spiro atoms. The van der Waals surface area contributed by atoms with Gasteiger partial charge in [0.05, 0.1) is 26.1 Å². The number of hydrogen-bond acceptors (Lipinski definition) is 7. The molecule has 0 saturated carbocycles. The van der Waals surface area contributed by atoms with Gasteiger partial charge in [0.25, 0.3) is 0 Å². The average Bonchev–Trinajstić information content (AvgIpc) is 2.69. The van der Waals surface area contributed by atoms with Crippen molar-refractivity contribution in [2.45, 2.75) is 52.7 Å². The van der Waals surface area contributed by atoms with Crippen LogP contribution in [0.1, 0.15) is 45.2 Å². The number of carbonyl (C=O) groups excluding carboxylic acids is 2. The Hall–Kier alpha value is -2.41. The van der Waals surface area contributed by atoms with Gasteiger partial charge in [0.2, 0.25) is 0 Å². The number of benzene rings is 1. The zero-order valence-electron chi connectivity index (χ0n) is 20.4. The topological polar surface area (TPSA) is 92.6 Å². The highest BCUT2D eigenvalue weighted by Gasteiger charge is 2.15. The summed E-state index contributed by atoms with van der Waals surface area (Å²) in [6.45, 7) is 10.5. The number of nitrogens with zero attached hydrogens (tertiary/aromatic N) is 3. The minimum absolute atomic E-state index is 0. The number of halogens is 1. The summed E-state index contributed by atoms with van der Waals surface area (Å²) in [4.78, 5) is 32.6. The highest BCUT2D eigenvalue weighted by Crippen LogP contribution is 2.08. The molecule has 0 aliphatic rings. The van der Waals surface area contributed by atoms with Gasteiger partial charge in [-0.25, -0.2) is 14.8 Å². The second kappa shape index (κ2) is 18.2. The molecule has 1 aromatic carbocycles. The van der Waals surface area contributed by atoms with E-state index >= 15 is 0 Å². The maximum atomic E-state index is 11.5. The van der Waals surface area contributed by atoms with Crippen molar-refractivity contribution >= 4 is 30.5 Å². The Morgan fingerprint density at radius 2 is 1.69 bits per heavy atom. The zero-order valence-corrected chi connectivity index (χ0v) is 21.3. The van der Waals surface area contributed by atoms with E-state index < -0.39 is 11.7 Å². The Balaban J connectivity index is 0. The number of alkyl carbamates (subject to hydrolysis) is 1. The van der Waals surface area contributed by atoms with E-state index in [9.17, 15) is 9.59 Å². The van der Waals surface area contributed by atoms with Crippen LogP contribution in [0, 0.1) is 0 Å². The fourth-order valence-electron chi connectivity index (χ4n) is 2.14. The molecule has 1 N–H and O–H groups in total. The molecule has 0 bridgehead atoms. The van der Waals surface area contributed by atoms with Gasteiger partial charge in [0, 0.05) is 13.1 Å². The maximum Gasteiger partial charge on any atom is 0.407 e. The minimum Gasteiger partial charge on any atom is -0.469 e. The van der Waals surface area contributed by atoms with Crippen LogP contribution in [0.4, 0.5) is 4.79 Å². The predicted molar refractivity (Wildman–Crippen MR) is 131 cm³/mol. The normalized spacial score (nSPS) is 10.0. The van der Waals surface area contributed by atoms with Crippen LogP contribution in [0.2, 0.25) is 0 Å². The Bertz CT molecular complexity index is 710. The summed E-state index contributed by atoms with van der Waals surface area (Å²) in [5.74, 6) is -0.273. The smallest absolute Gasteiger partial charge is 0.407 e. The van der Waals surface area contributed by atoms with Crippen molar-refractivity contribution in [3.63, 3.8) is 0 Å². The van der Waals surface area contributed by atoms with E-state index in [0.717, 1.165) is 37.2 Å². The first-order valence-corrected chi connectivity index (χ1v) is 10.4. The molecule has 1 rings (SSSR count). The second-order valence-corrected chi connectivity index (χ2v) is 8.04. The predicted octanol–water partition coefficient (Wildman–Crippen LogP) is 3.98. The van der Waals surface area contributed by atoms with Gasteiger partial charge in [-0.1, -0.05) is 24.3 Å². The van der Waals surface area contributed by atoms with E-state index in [0.29, 0.717) is 6.54 Å². The highest BCUT2D eigenvalue weighted by atomic mass is 35.5. The Morgan fingerprint density at radius 3 is 2.19 bits per heavy atom. The van der Waals surface area contributed by atoms with Gasteiger partial charge in [-0.05, 0) is 65.9 Å². The van der Waals surface area contributed by atoms with Crippen molar-refractivity contribution < 1.29 is 19.1 Å². The number of esters is 1. The van der Waals surface area contributed by atoms with Gasteiger partial charge in [-0.2, -0.15) is 0 Å². The lowest BCUT2D eigenvalue weighted by atomic mass is 10.1. The van der Waals surface area contributed by atoms with Crippen LogP contribution < -0.4 is 5.32 Å². The Morgan fingerprint density at radius 1 is 1.09 bits per heavy atom. The van der Waals surface area contributed by atoms with Crippen molar-refractivity contribution in [2.24, 2.45) is 9.98 Å². The van der Waals surface area contributed by atoms with Gasteiger partial charge in [0.15, 0.2) is 0 Å². The molecular weight excluding hydrogens is 432 g/mol. The molecule has 8 nitrogen and oxygen atoms in total. The summed E-state index contributed by atoms with van der Waals surface area (Å²) >= 11 is 0. The number of nitrogens with one attached hydrogen (secondary N) is 1. The molecule has 1 amide bonds. The second-order valence-electron chi connectivity index (χ2n) is 8.04. The summed E-state index contributed by atoms with van der Waals surface area (Å²) < 4.78 is 9.74. The Labute approximate surface area is 198 Å². The number of methoxy groups -OCH3 is 1. The van der Waals surface area contributed by atoms with Gasteiger partial charge in [0.1, 0.15) is 5.60 Å². The first-order chi connectivity index (χ1) is 14.6. The summed E-state index contributed by atoms with van der Waals surface area (Å²) in [5, 5.41) is 2.67. The number of carbonyl (C=O) groups is 2. The third-order valence-corrected chi connectivity index (χ3v) is 3.61. The van der Waals surface area contributed by atoms with Crippen LogP contribution >= 0.6 is 12.4 Å². The van der Waals surface area contributed by atoms with Gasteiger partial charge in [-0.15, -0.1) is 12.4 Å². The molecule has 9 heteroatoms. The molecule has 0 radical (unpaired) electrons. The van der Waals surface area contributed by atoms with E-state index in [2.05, 4.69) is 45.0 Å². The first-order valence-electron chi connectivity index (χ1n) is 10.4. The van der Waals surface area contributed by atoms with Crippen molar-refractivity contribution in [3.05, 3.63) is 35.4 Å². The number of ether oxygens (including phenoxy) is 2. The molecule has 0 aromatic heterocycles. The lowest BCUT2D eigenvalue weighted by Crippen LogP contribution is -2.32. The summed E-state index contributed by atoms with van der Waals surface area (Å²) in [6.07, 6.45) is 0.881. The Kier molecular flexibility index (Phi) is 18.1. The molecule has 0 saturated heterocycles. The van der Waals surface area contributed by atoms with Crippen molar-refractivity contribution in [1.29, 1.82) is 0 Å². The molecule has 0 unspecified atom stereocenters. The van der Waals surface area contributed by atoms with Crippen LogP contribution in [-0.2, 0) is 27.2 Å². The van der Waals surface area contributed by atoms with Crippen LogP contribution in [0.5, 0.6) is 0 Å². The first kappa shape index (κ1) is 31.8. The average molecular weight is 471 g/mol. The van der Waals surface area contributed by atoms with Crippen LogP contribution in [0.3, 0.4) is 0 Å². The molecule has 0 aliphatic carbocycles. The van der Waals surface area contributed by atoms with Gasteiger partial charge in [-0.3, -0.25) is 4.79 Å². The third-order valence-electron chi connectivity index (χ3n) is 3.61. The molecule has 0 atom stereocenters. The molecular formula is C23H39ClN4O4. The summed E-state index contributed by atoms with van der Waals surface area (Å²) in [7, 11) is 5.48. The van der Waals surface area contributed by atoms with Gasteiger partial charge >= 0.3 is 12.1 Å². The SMILES string of the molecule is CCN=C=NCCCN(C)C.COC(=O)Cc1ccc(CNC(=O)OC(C)(C)C)cc1.Cl. The largest absolute Gasteiger partial charge is 0.469 e. The zero-order chi connectivity index (χ0) is 23.7. The van der Waals surface area contributed by atoms with E-state index in [1.807, 2.05) is 52.0 Å². The van der Waals surface area contributed by atoms with E-state index in [4.69, 9.17) is 4.74 Å². The van der Waals surface area contributed by atoms with Crippen LogP contribution in [-0.4, -0.2) is 69.4 Å². The number of amides is 1. The van der Waals surface area contributed by atoms with Crippen molar-refractivity contribution in [3.8, 4) is 0 Å². The fourth-order valence-corrected chi connectivity index (χ4v) is 2.14. The van der Waals surface area contributed by atoms with Crippen LogP contribution in [0.25, 0.3) is 0 Å². The van der Waals surface area contributed by atoms with E-state index in [-0.39, 0.29) is 24.8 Å². The third kappa shape index (κ3) is 19.5. The van der Waals surface area contributed by atoms with E-state index in [1.54, 1.807) is 0 Å². The summed E-state index contributed by atoms with van der Waals surface area (Å²) in [6, 6.07) is 10.0. The van der Waals surface area contributed by atoms with E-state index in [1.165, 1.54) is 7.11 Å². The molecule has 32 heavy (non-hydrogen) atoms. The lowest BCUT2D eigenvalue weighted by Gasteiger charge is -2.19. The maximum absolute atomic E-state index is 11.5. The summed E-state index contributed by atoms with van der Waals surface area (Å²) in [5.41, 5.74) is 1.30. The molecule has 0 fully saturated rings. The van der Waals surface area contributed by atoms with Crippen molar-refractivity contribution in [2.75, 3.05) is 40.8 Å². The monoisotopic (exact) mass is 470 g/mol. The standard InChI is InChI=1S/C15H21NO4.C8H17N3.ClH/c1-15(2,3)20-14(18)16-10-12-7-5-11(6-8-12)9-13(17)19-4;1-4-9-8-10-6-5-7-11(2)3;/h5-8H,9-10H2,1-4H3,(H,16,18);4-7H2,1-3H3;1H. The van der Waals surface area contributed by atoms with Gasteiger partial charge < -0.3 is 19.7 Å². The number of hydrogen-bond donors (Lipinski definition) is 1. The lowest BCUT2D eigenvalue weighted by molar-refractivity contribution is -0.139. The van der Waals surface area contributed by atoms with Crippen molar-refractivity contribution in [1.82, 2.24) is 10.2 Å². The fraction of sp³-hybridized carbons (Fsp3) is 0.609. The molecule has 0 aliphatic heterocycles. The minimum atomic E-state index is -0.506. The highest BCUT2D eigenvalue weighted by molar-refractivity contribution is 5.85. The van der Waals surface area contributed by atoms with Crippen LogP contribution in [0.15, 0.2) is 34.3 Å². The molecule has 1 aromatic rings.